The van der Waals surface area contributed by atoms with Crippen molar-refractivity contribution in [3.8, 4) is 0 Å². The fraction of sp³-hybridized carbons (Fsp3) is 0.818. The molecule has 13 heavy (non-hydrogen) atoms. The minimum absolute atomic E-state index is 0. The summed E-state index contributed by atoms with van der Waals surface area (Å²) in [6, 6.07) is 0. The first-order chi connectivity index (χ1) is 5.86. The molecule has 0 aliphatic heterocycles. The van der Waals surface area contributed by atoms with E-state index in [1.54, 1.807) is 0 Å². The lowest BCUT2D eigenvalue weighted by Gasteiger charge is -2.49. The lowest BCUT2D eigenvalue weighted by molar-refractivity contribution is 0.0713. The summed E-state index contributed by atoms with van der Waals surface area (Å²) >= 11 is 0. The van der Waals surface area contributed by atoms with Gasteiger partial charge in [-0.25, -0.2) is 4.79 Å². The molecule has 0 unspecified atom stereocenters. The maximum atomic E-state index is 10.7. The molecule has 4 aliphatic carbocycles. The van der Waals surface area contributed by atoms with Crippen LogP contribution in [0.3, 0.4) is 0 Å². The molecule has 72 valence electrons. The number of halogens is 1. The van der Waals surface area contributed by atoms with Gasteiger partial charge in [0.1, 0.15) is 5.94 Å². The monoisotopic (exact) mass is 198 g/mol. The highest BCUT2D eigenvalue weighted by Crippen LogP contribution is 2.55. The van der Waals surface area contributed by atoms with Crippen LogP contribution in [0.2, 0.25) is 0 Å². The molecule has 4 aliphatic rings. The van der Waals surface area contributed by atoms with Crippen LogP contribution < -0.4 is 0 Å². The molecule has 0 heterocycles. The molecule has 0 amide bonds. The first-order valence-corrected chi connectivity index (χ1v) is 5.11. The average molecular weight is 199 g/mol. The van der Waals surface area contributed by atoms with Crippen molar-refractivity contribution >= 4 is 18.3 Å². The summed E-state index contributed by atoms with van der Waals surface area (Å²) in [5.74, 6) is 5.44. The Morgan fingerprint density at radius 3 is 1.77 bits per heavy atom. The van der Waals surface area contributed by atoms with E-state index < -0.39 is 0 Å². The van der Waals surface area contributed by atoms with E-state index in [2.05, 4.69) is 5.94 Å². The molecule has 0 atom stereocenters. The second-order valence-electron chi connectivity index (χ2n) is 4.86. The van der Waals surface area contributed by atoms with Gasteiger partial charge in [0.05, 0.1) is 0 Å². The van der Waals surface area contributed by atoms with Crippen LogP contribution in [-0.4, -0.2) is 5.94 Å². The van der Waals surface area contributed by atoms with Gasteiger partial charge in [-0.1, -0.05) is 0 Å². The number of carbonyl (C=O) groups excluding carboxylic acids is 1. The Balaban J connectivity index is 0.000000653. The van der Waals surface area contributed by atoms with Crippen LogP contribution in [0, 0.1) is 23.7 Å². The maximum Gasteiger partial charge on any atom is 0.124 e. The Hall–Kier alpha value is -0.260. The van der Waals surface area contributed by atoms with E-state index in [1.807, 2.05) is 0 Å². The highest BCUT2D eigenvalue weighted by molar-refractivity contribution is 5.85. The molecule has 2 heteroatoms. The van der Waals surface area contributed by atoms with Gasteiger partial charge in [0.25, 0.3) is 0 Å². The second-order valence-corrected chi connectivity index (χ2v) is 4.86. The summed E-state index contributed by atoms with van der Waals surface area (Å²) in [5, 5.41) is 0. The molecular formula is C11H15ClO. The normalized spacial score (nSPS) is 45.7. The Morgan fingerprint density at radius 2 is 1.38 bits per heavy atom. The first-order valence-electron chi connectivity index (χ1n) is 5.11. The molecule has 0 spiro atoms. The van der Waals surface area contributed by atoms with Crippen LogP contribution in [0.25, 0.3) is 0 Å². The molecule has 4 fully saturated rings. The van der Waals surface area contributed by atoms with Crippen molar-refractivity contribution in [2.24, 2.45) is 23.7 Å². The zero-order valence-corrected chi connectivity index (χ0v) is 8.48. The van der Waals surface area contributed by atoms with Crippen molar-refractivity contribution in [2.45, 2.75) is 32.1 Å². The fourth-order valence-corrected chi connectivity index (χ4v) is 3.86. The Bertz CT molecular complexity index is 235. The molecule has 4 rings (SSSR count). The molecular weight excluding hydrogens is 184 g/mol. The van der Waals surface area contributed by atoms with E-state index in [9.17, 15) is 4.79 Å². The van der Waals surface area contributed by atoms with Gasteiger partial charge < -0.3 is 0 Å². The summed E-state index contributed by atoms with van der Waals surface area (Å²) in [6.45, 7) is 0. The summed E-state index contributed by atoms with van der Waals surface area (Å²) in [6.07, 6.45) is 6.67. The minimum atomic E-state index is 0. The third-order valence-corrected chi connectivity index (χ3v) is 4.14. The predicted octanol–water partition coefficient (Wildman–Crippen LogP) is 2.62. The number of hydrogen-bond acceptors (Lipinski definition) is 1. The van der Waals surface area contributed by atoms with Crippen LogP contribution in [0.4, 0.5) is 0 Å². The molecule has 0 aromatic carbocycles. The molecule has 4 saturated carbocycles. The summed E-state index contributed by atoms with van der Waals surface area (Å²) in [5.41, 5.74) is 1.15. The van der Waals surface area contributed by atoms with Gasteiger partial charge in [-0.3, -0.25) is 0 Å². The summed E-state index contributed by atoms with van der Waals surface area (Å²) in [4.78, 5) is 10.7. The summed E-state index contributed by atoms with van der Waals surface area (Å²) < 4.78 is 0. The van der Waals surface area contributed by atoms with Crippen LogP contribution in [0.5, 0.6) is 0 Å². The largest absolute Gasteiger partial charge is 0.234 e. The quantitative estimate of drug-likeness (QED) is 0.547. The third-order valence-electron chi connectivity index (χ3n) is 4.14. The zero-order valence-electron chi connectivity index (χ0n) is 7.66. The predicted molar refractivity (Wildman–Crippen MR) is 53.5 cm³/mol. The van der Waals surface area contributed by atoms with E-state index in [0.717, 1.165) is 17.4 Å². The highest BCUT2D eigenvalue weighted by Gasteiger charge is 2.45. The topological polar surface area (TPSA) is 17.1 Å². The minimum Gasteiger partial charge on any atom is -0.234 e. The van der Waals surface area contributed by atoms with Crippen molar-refractivity contribution in [3.63, 3.8) is 0 Å². The standard InChI is InChI=1S/C11H14O.ClH/c12-6-11-9-2-7-1-8(4-9)5-10(11)3-7;/h7-10H,1-5H2;1H. The van der Waals surface area contributed by atoms with Gasteiger partial charge in [0, 0.05) is 5.57 Å². The van der Waals surface area contributed by atoms with E-state index in [-0.39, 0.29) is 12.4 Å². The van der Waals surface area contributed by atoms with Gasteiger partial charge in [-0.05, 0) is 55.8 Å². The molecule has 0 radical (unpaired) electrons. The SMILES string of the molecule is Cl.O=C=C1C2CC3CC(C2)CC1C3. The molecule has 0 N–H and O–H groups in total. The van der Waals surface area contributed by atoms with E-state index >= 15 is 0 Å². The van der Waals surface area contributed by atoms with Gasteiger partial charge in [0.2, 0.25) is 0 Å². The van der Waals surface area contributed by atoms with E-state index in [4.69, 9.17) is 0 Å². The molecule has 0 saturated heterocycles. The van der Waals surface area contributed by atoms with E-state index in [1.165, 1.54) is 32.1 Å². The Labute approximate surface area is 85.0 Å². The van der Waals surface area contributed by atoms with Crippen molar-refractivity contribution < 1.29 is 4.79 Å². The van der Waals surface area contributed by atoms with Crippen molar-refractivity contribution in [3.05, 3.63) is 5.57 Å². The number of rotatable bonds is 0. The molecule has 4 bridgehead atoms. The van der Waals surface area contributed by atoms with Crippen LogP contribution in [-0.2, 0) is 4.79 Å². The van der Waals surface area contributed by atoms with E-state index in [0.29, 0.717) is 11.8 Å². The van der Waals surface area contributed by atoms with Crippen LogP contribution in [0.1, 0.15) is 32.1 Å². The first kappa shape index (κ1) is 9.30. The Kier molecular flexibility index (Phi) is 2.25. The molecule has 1 nitrogen and oxygen atoms in total. The van der Waals surface area contributed by atoms with Crippen molar-refractivity contribution in [2.75, 3.05) is 0 Å². The van der Waals surface area contributed by atoms with Crippen molar-refractivity contribution in [1.82, 2.24) is 0 Å². The van der Waals surface area contributed by atoms with Gasteiger partial charge in [-0.2, -0.15) is 0 Å². The lowest BCUT2D eigenvalue weighted by atomic mass is 9.54. The summed E-state index contributed by atoms with van der Waals surface area (Å²) in [7, 11) is 0. The maximum absolute atomic E-state index is 10.7. The number of hydrogen-bond donors (Lipinski definition) is 0. The second kappa shape index (κ2) is 3.15. The van der Waals surface area contributed by atoms with Crippen LogP contribution >= 0.6 is 12.4 Å². The molecule has 0 aromatic heterocycles. The number of allylic oxidation sites excluding steroid dienone is 1. The third kappa shape index (κ3) is 1.26. The highest BCUT2D eigenvalue weighted by atomic mass is 35.5. The van der Waals surface area contributed by atoms with Crippen LogP contribution in [0.15, 0.2) is 5.57 Å². The molecule has 0 aromatic rings. The van der Waals surface area contributed by atoms with Gasteiger partial charge in [-0.15, -0.1) is 12.4 Å². The van der Waals surface area contributed by atoms with Crippen molar-refractivity contribution in [1.29, 1.82) is 0 Å². The average Bonchev–Trinajstić information content (AvgIpc) is 2.02. The Morgan fingerprint density at radius 1 is 0.923 bits per heavy atom. The lowest BCUT2D eigenvalue weighted by Crippen LogP contribution is -2.40. The smallest absolute Gasteiger partial charge is 0.124 e. The zero-order chi connectivity index (χ0) is 8.13. The van der Waals surface area contributed by atoms with Gasteiger partial charge in [0.15, 0.2) is 0 Å². The van der Waals surface area contributed by atoms with Gasteiger partial charge >= 0.3 is 0 Å². The fourth-order valence-electron chi connectivity index (χ4n) is 3.86.